The lowest BCUT2D eigenvalue weighted by Gasteiger charge is -2.37. The Kier molecular flexibility index (Phi) is 5.45. The molecule has 144 valence electrons. The van der Waals surface area contributed by atoms with Gasteiger partial charge in [0.1, 0.15) is 6.42 Å². The van der Waals surface area contributed by atoms with Crippen LogP contribution in [0.2, 0.25) is 0 Å². The summed E-state index contributed by atoms with van der Waals surface area (Å²) in [7, 11) is 0. The topological polar surface area (TPSA) is 90.6 Å². The second-order valence-electron chi connectivity index (χ2n) is 7.18. The fourth-order valence-corrected chi connectivity index (χ4v) is 3.96. The van der Waals surface area contributed by atoms with Crippen molar-refractivity contribution in [1.29, 1.82) is 0 Å². The van der Waals surface area contributed by atoms with Gasteiger partial charge in [-0.25, -0.2) is 0 Å². The van der Waals surface area contributed by atoms with E-state index in [2.05, 4.69) is 15.1 Å². The van der Waals surface area contributed by atoms with Gasteiger partial charge in [0.25, 0.3) is 0 Å². The molecule has 1 saturated heterocycles. The monoisotopic (exact) mass is 372 g/mol. The third kappa shape index (κ3) is 4.33. The van der Waals surface area contributed by atoms with E-state index in [9.17, 15) is 4.79 Å². The number of pyridine rings is 1. The van der Waals surface area contributed by atoms with Crippen LogP contribution in [0.1, 0.15) is 30.1 Å². The fourth-order valence-electron chi connectivity index (χ4n) is 3.96. The molecule has 0 bridgehead atoms. The summed E-state index contributed by atoms with van der Waals surface area (Å²) in [5.74, 6) is 1.33. The first-order valence-electron chi connectivity index (χ1n) is 9.36. The third-order valence-corrected chi connectivity index (χ3v) is 5.20. The maximum Gasteiger partial charge on any atom is 0.236 e. The molecule has 0 aromatic carbocycles. The van der Waals surface area contributed by atoms with Crippen molar-refractivity contribution in [3.63, 3.8) is 0 Å². The lowest BCUT2D eigenvalue weighted by molar-refractivity contribution is -0.143. The molecular formula is C19H24N4O4. The van der Waals surface area contributed by atoms with Crippen molar-refractivity contribution in [2.75, 3.05) is 19.8 Å². The van der Waals surface area contributed by atoms with E-state index in [4.69, 9.17) is 14.0 Å². The van der Waals surface area contributed by atoms with Gasteiger partial charge in [-0.3, -0.25) is 9.78 Å². The highest BCUT2D eigenvalue weighted by molar-refractivity contribution is 5.78. The van der Waals surface area contributed by atoms with E-state index in [0.29, 0.717) is 44.0 Å². The lowest BCUT2D eigenvalue weighted by atomic mass is 10.1. The number of amides is 1. The molecule has 27 heavy (non-hydrogen) atoms. The number of carbonyl (C=O) groups excluding carboxylic acids is 1. The van der Waals surface area contributed by atoms with Crippen molar-refractivity contribution in [2.24, 2.45) is 5.92 Å². The number of morpholine rings is 1. The summed E-state index contributed by atoms with van der Waals surface area (Å²) in [6.45, 7) is 4.17. The highest BCUT2D eigenvalue weighted by Crippen LogP contribution is 2.34. The Labute approximate surface area is 157 Å². The van der Waals surface area contributed by atoms with Crippen LogP contribution in [0.3, 0.4) is 0 Å². The quantitative estimate of drug-likeness (QED) is 0.759. The van der Waals surface area contributed by atoms with Gasteiger partial charge < -0.3 is 18.9 Å². The van der Waals surface area contributed by atoms with E-state index in [1.165, 1.54) is 0 Å². The van der Waals surface area contributed by atoms with Crippen molar-refractivity contribution in [3.05, 3.63) is 41.8 Å². The minimum Gasteiger partial charge on any atom is -0.376 e. The van der Waals surface area contributed by atoms with Crippen LogP contribution in [0.5, 0.6) is 0 Å². The van der Waals surface area contributed by atoms with E-state index in [-0.39, 0.29) is 24.5 Å². The molecule has 1 aliphatic carbocycles. The first-order valence-corrected chi connectivity index (χ1v) is 9.36. The second-order valence-corrected chi connectivity index (χ2v) is 7.18. The summed E-state index contributed by atoms with van der Waals surface area (Å²) >= 11 is 0. The van der Waals surface area contributed by atoms with Crippen LogP contribution >= 0.6 is 0 Å². The average Bonchev–Trinajstić information content (AvgIpc) is 3.27. The van der Waals surface area contributed by atoms with Crippen LogP contribution in [0.25, 0.3) is 0 Å². The molecule has 3 heterocycles. The minimum absolute atomic E-state index is 0.0234. The Bertz CT molecular complexity index is 766. The number of carbonyl (C=O) groups is 1. The van der Waals surface area contributed by atoms with Crippen LogP contribution in [0.4, 0.5) is 0 Å². The standard InChI is InChI=1S/C19H24N4O4/c1-13-21-18(27-22-13)10-19(24)23-6-7-26-17-9-15(8-16(17)23)12-25-11-14-2-4-20-5-3-14/h2-5,15-17H,6-12H2,1H3. The molecule has 2 fully saturated rings. The number of fused-ring (bicyclic) bond motifs is 1. The normalized spacial score (nSPS) is 24.8. The predicted octanol–water partition coefficient (Wildman–Crippen LogP) is 1.54. The molecule has 1 saturated carbocycles. The Balaban J connectivity index is 1.30. The van der Waals surface area contributed by atoms with E-state index in [1.807, 2.05) is 17.0 Å². The van der Waals surface area contributed by atoms with Crippen molar-refractivity contribution >= 4 is 5.91 Å². The third-order valence-electron chi connectivity index (χ3n) is 5.20. The summed E-state index contributed by atoms with van der Waals surface area (Å²) in [5, 5.41) is 3.75. The highest BCUT2D eigenvalue weighted by Gasteiger charge is 2.42. The SMILES string of the molecule is Cc1noc(CC(=O)N2CCOC3CC(COCc4ccncc4)CC32)n1. The summed E-state index contributed by atoms with van der Waals surface area (Å²) in [5.41, 5.74) is 1.11. The van der Waals surface area contributed by atoms with Crippen molar-refractivity contribution in [2.45, 2.75) is 44.9 Å². The van der Waals surface area contributed by atoms with Gasteiger partial charge in [0.2, 0.25) is 11.8 Å². The zero-order valence-corrected chi connectivity index (χ0v) is 15.4. The molecular weight excluding hydrogens is 348 g/mol. The Hall–Kier alpha value is -2.32. The number of ether oxygens (including phenoxy) is 2. The van der Waals surface area contributed by atoms with Gasteiger partial charge in [0.05, 0.1) is 32.0 Å². The molecule has 3 unspecified atom stereocenters. The number of aromatic nitrogens is 3. The number of rotatable bonds is 6. The first kappa shape index (κ1) is 18.1. The molecule has 1 amide bonds. The van der Waals surface area contributed by atoms with E-state index >= 15 is 0 Å². The average molecular weight is 372 g/mol. The molecule has 0 spiro atoms. The number of hydrogen-bond donors (Lipinski definition) is 0. The van der Waals surface area contributed by atoms with Crippen molar-refractivity contribution < 1.29 is 18.8 Å². The predicted molar refractivity (Wildman–Crippen MR) is 94.6 cm³/mol. The van der Waals surface area contributed by atoms with Gasteiger partial charge in [-0.2, -0.15) is 4.98 Å². The Morgan fingerprint density at radius 1 is 1.33 bits per heavy atom. The molecule has 3 atom stereocenters. The Morgan fingerprint density at radius 2 is 2.19 bits per heavy atom. The number of aryl methyl sites for hydroxylation is 1. The summed E-state index contributed by atoms with van der Waals surface area (Å²) in [6.07, 6.45) is 5.59. The van der Waals surface area contributed by atoms with Crippen molar-refractivity contribution in [1.82, 2.24) is 20.0 Å². The maximum absolute atomic E-state index is 12.7. The van der Waals surface area contributed by atoms with Crippen molar-refractivity contribution in [3.8, 4) is 0 Å². The van der Waals surface area contributed by atoms with Gasteiger partial charge >= 0.3 is 0 Å². The van der Waals surface area contributed by atoms with Crippen LogP contribution in [-0.2, 0) is 27.3 Å². The van der Waals surface area contributed by atoms with E-state index in [1.54, 1.807) is 19.3 Å². The fraction of sp³-hybridized carbons (Fsp3) is 0.579. The van der Waals surface area contributed by atoms with Gasteiger partial charge in [-0.15, -0.1) is 0 Å². The number of hydrogen-bond acceptors (Lipinski definition) is 7. The molecule has 2 aromatic rings. The van der Waals surface area contributed by atoms with Gasteiger partial charge in [0.15, 0.2) is 5.82 Å². The van der Waals surface area contributed by atoms with Crippen LogP contribution in [-0.4, -0.2) is 57.8 Å². The zero-order chi connectivity index (χ0) is 18.6. The van der Waals surface area contributed by atoms with E-state index in [0.717, 1.165) is 18.4 Å². The molecule has 2 aromatic heterocycles. The maximum atomic E-state index is 12.7. The zero-order valence-electron chi connectivity index (χ0n) is 15.4. The van der Waals surface area contributed by atoms with Gasteiger partial charge in [-0.1, -0.05) is 5.16 Å². The largest absolute Gasteiger partial charge is 0.376 e. The molecule has 8 nitrogen and oxygen atoms in total. The molecule has 1 aliphatic heterocycles. The summed E-state index contributed by atoms with van der Waals surface area (Å²) < 4.78 is 16.9. The summed E-state index contributed by atoms with van der Waals surface area (Å²) in [6, 6.07) is 4.01. The molecule has 8 heteroatoms. The van der Waals surface area contributed by atoms with E-state index < -0.39 is 0 Å². The molecule has 0 N–H and O–H groups in total. The van der Waals surface area contributed by atoms with Crippen LogP contribution in [0, 0.1) is 12.8 Å². The van der Waals surface area contributed by atoms with Gasteiger partial charge in [0, 0.05) is 18.9 Å². The van der Waals surface area contributed by atoms with Crippen LogP contribution < -0.4 is 0 Å². The Morgan fingerprint density at radius 3 is 2.96 bits per heavy atom. The molecule has 2 aliphatic rings. The van der Waals surface area contributed by atoms with Crippen LogP contribution in [0.15, 0.2) is 29.0 Å². The van der Waals surface area contributed by atoms with Gasteiger partial charge in [-0.05, 0) is 43.4 Å². The molecule has 0 radical (unpaired) electrons. The summed E-state index contributed by atoms with van der Waals surface area (Å²) in [4.78, 5) is 22.8. The highest BCUT2D eigenvalue weighted by atomic mass is 16.5. The lowest BCUT2D eigenvalue weighted by Crippen LogP contribution is -2.51. The molecule has 4 rings (SSSR count). The first-order chi connectivity index (χ1) is 13.2. The smallest absolute Gasteiger partial charge is 0.236 e. The minimum atomic E-state index is 0.0234. The second kappa shape index (κ2) is 8.14. The number of nitrogens with zero attached hydrogens (tertiary/aromatic N) is 4.